The fourth-order valence-electron chi connectivity index (χ4n) is 2.02. The Hall–Kier alpha value is -1.36. The summed E-state index contributed by atoms with van der Waals surface area (Å²) in [6.45, 7) is 10.4. The van der Waals surface area contributed by atoms with Crippen molar-refractivity contribution in [3.8, 4) is 0 Å². The quantitative estimate of drug-likeness (QED) is 0.841. The van der Waals surface area contributed by atoms with Crippen LogP contribution in [0, 0.1) is 11.7 Å². The maximum atomic E-state index is 5.60. The number of aromatic amines is 1. The largest absolute Gasteiger partial charge is 0.444 e. The molecule has 0 saturated heterocycles. The normalized spacial score (nSPS) is 13.8. The minimum Gasteiger partial charge on any atom is -0.444 e. The van der Waals surface area contributed by atoms with Gasteiger partial charge in [0.05, 0.1) is 6.20 Å². The predicted molar refractivity (Wildman–Crippen MR) is 73.4 cm³/mol. The van der Waals surface area contributed by atoms with E-state index in [2.05, 4.69) is 35.3 Å². The molecule has 2 aromatic heterocycles. The second-order valence-corrected chi connectivity index (χ2v) is 5.97. The Labute approximate surface area is 112 Å². The van der Waals surface area contributed by atoms with Crippen molar-refractivity contribution < 1.29 is 4.42 Å². The number of hydrogen-bond donors (Lipinski definition) is 1. The molecule has 0 aliphatic carbocycles. The van der Waals surface area contributed by atoms with Gasteiger partial charge in [0.1, 0.15) is 11.8 Å². The SMILES string of the molecule is Cc1cnc(C(C)n2c(C(C)(C)C)c[nH]c2=S)o1. The van der Waals surface area contributed by atoms with Gasteiger partial charge in [0.2, 0.25) is 5.89 Å². The third-order valence-corrected chi connectivity index (χ3v) is 3.28. The summed E-state index contributed by atoms with van der Waals surface area (Å²) in [6, 6.07) is -0.00771. The van der Waals surface area contributed by atoms with Gasteiger partial charge in [0.25, 0.3) is 0 Å². The van der Waals surface area contributed by atoms with E-state index in [0.29, 0.717) is 10.7 Å². The van der Waals surface area contributed by atoms with Crippen molar-refractivity contribution in [3.63, 3.8) is 0 Å². The first-order valence-electron chi connectivity index (χ1n) is 6.03. The zero-order chi connectivity index (χ0) is 13.5. The highest BCUT2D eigenvalue weighted by Gasteiger charge is 2.24. The summed E-state index contributed by atoms with van der Waals surface area (Å²) in [5.74, 6) is 1.50. The van der Waals surface area contributed by atoms with E-state index in [1.54, 1.807) is 6.20 Å². The molecule has 2 aromatic rings. The molecule has 5 heteroatoms. The van der Waals surface area contributed by atoms with Gasteiger partial charge in [-0.3, -0.25) is 0 Å². The van der Waals surface area contributed by atoms with Crippen LogP contribution in [-0.2, 0) is 5.41 Å². The summed E-state index contributed by atoms with van der Waals surface area (Å²) in [4.78, 5) is 7.40. The van der Waals surface area contributed by atoms with Crippen LogP contribution in [-0.4, -0.2) is 14.5 Å². The zero-order valence-corrected chi connectivity index (χ0v) is 12.3. The Morgan fingerprint density at radius 2 is 2.11 bits per heavy atom. The number of aryl methyl sites for hydroxylation is 1. The van der Waals surface area contributed by atoms with Gasteiger partial charge in [0.15, 0.2) is 4.77 Å². The summed E-state index contributed by atoms with van der Waals surface area (Å²) in [6.07, 6.45) is 3.70. The van der Waals surface area contributed by atoms with Crippen LogP contribution in [0.15, 0.2) is 16.8 Å². The highest BCUT2D eigenvalue weighted by Crippen LogP contribution is 2.28. The molecule has 4 nitrogen and oxygen atoms in total. The highest BCUT2D eigenvalue weighted by atomic mass is 32.1. The summed E-state index contributed by atoms with van der Waals surface area (Å²) in [5.41, 5.74) is 1.17. The average molecular weight is 265 g/mol. The Bertz CT molecular complexity index is 600. The molecular weight excluding hydrogens is 246 g/mol. The molecule has 18 heavy (non-hydrogen) atoms. The van der Waals surface area contributed by atoms with Crippen LogP contribution in [0.25, 0.3) is 0 Å². The van der Waals surface area contributed by atoms with E-state index in [0.717, 1.165) is 11.5 Å². The van der Waals surface area contributed by atoms with Crippen LogP contribution in [0.2, 0.25) is 0 Å². The Balaban J connectivity index is 2.51. The van der Waals surface area contributed by atoms with Crippen LogP contribution in [0.1, 0.15) is 51.1 Å². The van der Waals surface area contributed by atoms with E-state index < -0.39 is 0 Å². The maximum Gasteiger partial charge on any atom is 0.217 e. The lowest BCUT2D eigenvalue weighted by Gasteiger charge is -2.23. The van der Waals surface area contributed by atoms with Crippen molar-refractivity contribution in [2.24, 2.45) is 0 Å². The standard InChI is InChI=1S/C13H19N3OS/c1-8-6-14-11(17-8)9(2)16-10(13(3,4)5)7-15-12(16)18/h6-7,9H,1-5H3,(H,15,18). The number of nitrogens with one attached hydrogen (secondary N) is 1. The van der Waals surface area contributed by atoms with Crippen LogP contribution >= 0.6 is 12.2 Å². The number of oxazole rings is 1. The lowest BCUT2D eigenvalue weighted by molar-refractivity contribution is 0.395. The molecule has 0 spiro atoms. The number of imidazole rings is 1. The fraction of sp³-hybridized carbons (Fsp3) is 0.538. The van der Waals surface area contributed by atoms with Gasteiger partial charge in [-0.15, -0.1) is 0 Å². The van der Waals surface area contributed by atoms with Gasteiger partial charge >= 0.3 is 0 Å². The van der Waals surface area contributed by atoms with Gasteiger partial charge in [-0.05, 0) is 26.1 Å². The number of nitrogens with zero attached hydrogens (tertiary/aromatic N) is 2. The second kappa shape index (κ2) is 4.39. The van der Waals surface area contributed by atoms with Gasteiger partial charge in [-0.25, -0.2) is 4.98 Å². The molecular formula is C13H19N3OS. The van der Waals surface area contributed by atoms with Crippen molar-refractivity contribution in [2.45, 2.75) is 46.1 Å². The molecule has 2 rings (SSSR count). The Kier molecular flexibility index (Phi) is 3.19. The molecule has 0 saturated carbocycles. The summed E-state index contributed by atoms with van der Waals surface area (Å²) >= 11 is 5.36. The van der Waals surface area contributed by atoms with E-state index >= 15 is 0 Å². The van der Waals surface area contributed by atoms with E-state index in [1.807, 2.05) is 20.0 Å². The van der Waals surface area contributed by atoms with Crippen molar-refractivity contribution >= 4 is 12.2 Å². The fourth-order valence-corrected chi connectivity index (χ4v) is 2.33. The zero-order valence-electron chi connectivity index (χ0n) is 11.4. The third-order valence-electron chi connectivity index (χ3n) is 2.96. The number of H-pyrrole nitrogens is 1. The van der Waals surface area contributed by atoms with Crippen molar-refractivity contribution in [3.05, 3.63) is 34.5 Å². The summed E-state index contributed by atoms with van der Waals surface area (Å²) in [5, 5.41) is 0. The number of aromatic nitrogens is 3. The van der Waals surface area contributed by atoms with Crippen LogP contribution in [0.3, 0.4) is 0 Å². The molecule has 1 unspecified atom stereocenters. The molecule has 0 aliphatic rings. The molecule has 1 atom stereocenters. The lowest BCUT2D eigenvalue weighted by atomic mass is 9.92. The number of rotatable bonds is 2. The first-order chi connectivity index (χ1) is 8.30. The van der Waals surface area contributed by atoms with E-state index in [-0.39, 0.29) is 11.5 Å². The first kappa shape index (κ1) is 13.1. The van der Waals surface area contributed by atoms with Gasteiger partial charge in [-0.2, -0.15) is 0 Å². The molecule has 0 bridgehead atoms. The van der Waals surface area contributed by atoms with E-state index in [1.165, 1.54) is 0 Å². The summed E-state index contributed by atoms with van der Waals surface area (Å²) < 4.78 is 8.37. The second-order valence-electron chi connectivity index (χ2n) is 5.58. The van der Waals surface area contributed by atoms with E-state index in [9.17, 15) is 0 Å². The topological polar surface area (TPSA) is 46.8 Å². The Morgan fingerprint density at radius 1 is 1.44 bits per heavy atom. The monoisotopic (exact) mass is 265 g/mol. The van der Waals surface area contributed by atoms with E-state index in [4.69, 9.17) is 16.6 Å². The molecule has 0 radical (unpaired) electrons. The molecule has 1 N–H and O–H groups in total. The minimum atomic E-state index is -0.00771. The number of hydrogen-bond acceptors (Lipinski definition) is 3. The molecule has 0 fully saturated rings. The van der Waals surface area contributed by atoms with Crippen molar-refractivity contribution in [1.29, 1.82) is 0 Å². The van der Waals surface area contributed by atoms with Crippen molar-refractivity contribution in [2.75, 3.05) is 0 Å². The lowest BCUT2D eigenvalue weighted by Crippen LogP contribution is -2.20. The van der Waals surface area contributed by atoms with Crippen LogP contribution < -0.4 is 0 Å². The van der Waals surface area contributed by atoms with Gasteiger partial charge in [0, 0.05) is 17.3 Å². The molecule has 0 aromatic carbocycles. The minimum absolute atomic E-state index is 0.00771. The van der Waals surface area contributed by atoms with Crippen molar-refractivity contribution in [1.82, 2.24) is 14.5 Å². The molecule has 98 valence electrons. The third kappa shape index (κ3) is 2.27. The average Bonchev–Trinajstić information content (AvgIpc) is 2.82. The molecule has 2 heterocycles. The summed E-state index contributed by atoms with van der Waals surface area (Å²) in [7, 11) is 0. The maximum absolute atomic E-state index is 5.60. The smallest absolute Gasteiger partial charge is 0.217 e. The van der Waals surface area contributed by atoms with Gasteiger partial charge < -0.3 is 14.0 Å². The van der Waals surface area contributed by atoms with Crippen LogP contribution in [0.5, 0.6) is 0 Å². The first-order valence-corrected chi connectivity index (χ1v) is 6.44. The predicted octanol–water partition coefficient (Wildman–Crippen LogP) is 3.75. The molecule has 0 aliphatic heterocycles. The Morgan fingerprint density at radius 3 is 2.61 bits per heavy atom. The van der Waals surface area contributed by atoms with Crippen LogP contribution in [0.4, 0.5) is 0 Å². The molecule has 0 amide bonds. The van der Waals surface area contributed by atoms with Gasteiger partial charge in [-0.1, -0.05) is 20.8 Å². The highest BCUT2D eigenvalue weighted by molar-refractivity contribution is 7.71.